The number of rotatable bonds is 5. The van der Waals surface area contributed by atoms with Crippen LogP contribution in [0.3, 0.4) is 0 Å². The third-order valence-electron chi connectivity index (χ3n) is 3.29. The van der Waals surface area contributed by atoms with Gasteiger partial charge in [0.2, 0.25) is 15.9 Å². The van der Waals surface area contributed by atoms with Gasteiger partial charge >= 0.3 is 6.18 Å². The van der Waals surface area contributed by atoms with Crippen LogP contribution in [0.4, 0.5) is 24.5 Å². The van der Waals surface area contributed by atoms with Crippen molar-refractivity contribution in [3.05, 3.63) is 59.1 Å². The number of nitrogens with zero attached hydrogens (tertiary/aromatic N) is 1. The van der Waals surface area contributed by atoms with E-state index in [0.29, 0.717) is 0 Å². The number of carbonyl (C=O) groups excluding carboxylic acids is 1. The normalized spacial score (nSPS) is 11.9. The van der Waals surface area contributed by atoms with Crippen LogP contribution in [0.1, 0.15) is 5.56 Å². The van der Waals surface area contributed by atoms with E-state index >= 15 is 0 Å². The van der Waals surface area contributed by atoms with Gasteiger partial charge in [-0.15, -0.1) is 0 Å². The van der Waals surface area contributed by atoms with E-state index in [1.807, 2.05) is 0 Å². The maximum absolute atomic E-state index is 13.0. The van der Waals surface area contributed by atoms with E-state index in [1.165, 1.54) is 36.4 Å². The highest BCUT2D eigenvalue weighted by Gasteiger charge is 2.33. The van der Waals surface area contributed by atoms with Crippen molar-refractivity contribution in [2.24, 2.45) is 0 Å². The second kappa shape index (κ2) is 7.55. The minimum atomic E-state index is -4.66. The lowest BCUT2D eigenvalue weighted by molar-refractivity contribution is -0.137. The van der Waals surface area contributed by atoms with E-state index in [2.05, 4.69) is 5.32 Å². The molecule has 140 valence electrons. The smallest absolute Gasteiger partial charge is 0.324 e. The maximum atomic E-state index is 13.0. The summed E-state index contributed by atoms with van der Waals surface area (Å²) in [5, 5.41) is 2.36. The molecule has 0 radical (unpaired) electrons. The van der Waals surface area contributed by atoms with Crippen molar-refractivity contribution >= 4 is 38.9 Å². The first-order valence-corrected chi connectivity index (χ1v) is 9.40. The van der Waals surface area contributed by atoms with Crippen LogP contribution in [0, 0.1) is 0 Å². The van der Waals surface area contributed by atoms with E-state index in [4.69, 9.17) is 11.6 Å². The van der Waals surface area contributed by atoms with Crippen molar-refractivity contribution in [1.29, 1.82) is 0 Å². The molecule has 0 bridgehead atoms. The summed E-state index contributed by atoms with van der Waals surface area (Å²) in [6, 6.07) is 10.2. The third-order valence-corrected chi connectivity index (χ3v) is 4.67. The summed E-state index contributed by atoms with van der Waals surface area (Å²) < 4.78 is 63.7. The fourth-order valence-electron chi connectivity index (χ4n) is 2.19. The van der Waals surface area contributed by atoms with Crippen molar-refractivity contribution in [2.45, 2.75) is 6.18 Å². The molecule has 0 aliphatic heterocycles. The van der Waals surface area contributed by atoms with Gasteiger partial charge in [0.1, 0.15) is 6.54 Å². The molecule has 0 spiro atoms. The number of sulfonamides is 1. The zero-order valence-electron chi connectivity index (χ0n) is 13.4. The van der Waals surface area contributed by atoms with Crippen LogP contribution >= 0.6 is 11.6 Å². The average molecular weight is 407 g/mol. The highest BCUT2D eigenvalue weighted by molar-refractivity contribution is 7.92. The monoisotopic (exact) mass is 406 g/mol. The third kappa shape index (κ3) is 5.12. The van der Waals surface area contributed by atoms with Gasteiger partial charge in [-0.25, -0.2) is 8.42 Å². The number of benzene rings is 2. The molecule has 1 N–H and O–H groups in total. The summed E-state index contributed by atoms with van der Waals surface area (Å²) in [4.78, 5) is 12.2. The highest BCUT2D eigenvalue weighted by Crippen LogP contribution is 2.34. The number of alkyl halides is 3. The van der Waals surface area contributed by atoms with Crippen molar-refractivity contribution in [3.8, 4) is 0 Å². The molecule has 0 heterocycles. The topological polar surface area (TPSA) is 66.5 Å². The van der Waals surface area contributed by atoms with Gasteiger partial charge in [0.25, 0.3) is 0 Å². The van der Waals surface area contributed by atoms with Crippen LogP contribution < -0.4 is 9.62 Å². The number of hydrogen-bond acceptors (Lipinski definition) is 3. The molecule has 5 nitrogen and oxygen atoms in total. The minimum absolute atomic E-state index is 0.124. The Morgan fingerprint density at radius 2 is 1.81 bits per heavy atom. The summed E-state index contributed by atoms with van der Waals surface area (Å²) in [6.45, 7) is -0.703. The number of anilines is 2. The molecule has 0 aliphatic carbocycles. The molecule has 2 aromatic carbocycles. The molecule has 0 aromatic heterocycles. The molecule has 0 fully saturated rings. The van der Waals surface area contributed by atoms with E-state index in [-0.39, 0.29) is 10.7 Å². The molecule has 0 saturated carbocycles. The van der Waals surface area contributed by atoms with Crippen molar-refractivity contribution in [2.75, 3.05) is 22.4 Å². The Morgan fingerprint density at radius 1 is 1.15 bits per heavy atom. The molecule has 0 aliphatic rings. The molecule has 0 atom stereocenters. The predicted molar refractivity (Wildman–Crippen MR) is 93.7 cm³/mol. The van der Waals surface area contributed by atoms with E-state index in [0.717, 1.165) is 22.7 Å². The van der Waals surface area contributed by atoms with Crippen LogP contribution in [-0.4, -0.2) is 27.1 Å². The van der Waals surface area contributed by atoms with Crippen LogP contribution in [0.25, 0.3) is 0 Å². The first kappa shape index (κ1) is 20.1. The van der Waals surface area contributed by atoms with Crippen molar-refractivity contribution in [3.63, 3.8) is 0 Å². The van der Waals surface area contributed by atoms with Gasteiger partial charge in [-0.2, -0.15) is 13.2 Å². The lowest BCUT2D eigenvalue weighted by Gasteiger charge is -2.22. The largest absolute Gasteiger partial charge is 0.418 e. The van der Waals surface area contributed by atoms with Gasteiger partial charge in [0.05, 0.1) is 23.2 Å². The molecule has 0 unspecified atom stereocenters. The van der Waals surface area contributed by atoms with E-state index in [1.54, 1.807) is 0 Å². The Labute approximate surface area is 153 Å². The second-order valence-electron chi connectivity index (χ2n) is 5.34. The number of nitrogens with one attached hydrogen (secondary N) is 1. The van der Waals surface area contributed by atoms with Gasteiger partial charge < -0.3 is 5.32 Å². The average Bonchev–Trinajstić information content (AvgIpc) is 2.51. The summed E-state index contributed by atoms with van der Waals surface area (Å²) in [7, 11) is -3.87. The number of para-hydroxylation sites is 1. The maximum Gasteiger partial charge on any atom is 0.418 e. The summed E-state index contributed by atoms with van der Waals surface area (Å²) >= 11 is 5.83. The quantitative estimate of drug-likeness (QED) is 0.822. The number of amides is 1. The molecule has 10 heteroatoms. The second-order valence-corrected chi connectivity index (χ2v) is 7.68. The number of halogens is 4. The number of carbonyl (C=O) groups is 1. The summed E-state index contributed by atoms with van der Waals surface area (Å²) in [6.07, 6.45) is -3.78. The minimum Gasteiger partial charge on any atom is -0.324 e. The van der Waals surface area contributed by atoms with Gasteiger partial charge in [-0.1, -0.05) is 29.8 Å². The predicted octanol–water partition coefficient (Wildman–Crippen LogP) is 3.76. The fourth-order valence-corrected chi connectivity index (χ4v) is 3.22. The summed E-state index contributed by atoms with van der Waals surface area (Å²) in [5.74, 6) is -0.924. The highest BCUT2D eigenvalue weighted by atomic mass is 35.5. The number of hydrogen-bond donors (Lipinski definition) is 1. The molecular weight excluding hydrogens is 393 g/mol. The Balaban J connectivity index is 2.27. The van der Waals surface area contributed by atoms with Crippen LogP contribution in [0.2, 0.25) is 5.02 Å². The molecular formula is C16H14ClF3N2O3S. The lowest BCUT2D eigenvalue weighted by atomic mass is 10.1. The molecule has 1 amide bonds. The Kier molecular flexibility index (Phi) is 5.82. The molecule has 2 rings (SSSR count). The Bertz CT molecular complexity index is 917. The summed E-state index contributed by atoms with van der Waals surface area (Å²) in [5.41, 5.74) is -1.36. The van der Waals surface area contributed by atoms with Gasteiger partial charge in [-0.3, -0.25) is 9.10 Å². The first-order valence-electron chi connectivity index (χ1n) is 7.18. The van der Waals surface area contributed by atoms with Gasteiger partial charge in [0, 0.05) is 5.02 Å². The van der Waals surface area contributed by atoms with Crippen molar-refractivity contribution < 1.29 is 26.4 Å². The molecule has 2 aromatic rings. The Hall–Kier alpha value is -2.26. The van der Waals surface area contributed by atoms with Crippen LogP contribution in [0.15, 0.2) is 48.5 Å². The van der Waals surface area contributed by atoms with Crippen molar-refractivity contribution in [1.82, 2.24) is 0 Å². The Morgan fingerprint density at radius 3 is 2.38 bits per heavy atom. The lowest BCUT2D eigenvalue weighted by Crippen LogP contribution is -2.37. The molecule has 26 heavy (non-hydrogen) atoms. The van der Waals surface area contributed by atoms with E-state index < -0.39 is 39.9 Å². The first-order chi connectivity index (χ1) is 12.0. The van der Waals surface area contributed by atoms with E-state index in [9.17, 15) is 26.4 Å². The fraction of sp³-hybridized carbons (Fsp3) is 0.188. The van der Waals surface area contributed by atoms with Gasteiger partial charge in [0.15, 0.2) is 0 Å². The van der Waals surface area contributed by atoms with Crippen LogP contribution in [-0.2, 0) is 21.0 Å². The standard InChI is InChI=1S/C16H14ClF3N2O3S/c1-26(24,25)22(12-6-4-5-11(17)9-12)10-15(23)21-14-8-3-2-7-13(14)16(18,19)20/h2-9H,10H2,1H3,(H,21,23). The molecule has 0 saturated heterocycles. The van der Waals surface area contributed by atoms with Gasteiger partial charge in [-0.05, 0) is 30.3 Å². The zero-order valence-corrected chi connectivity index (χ0v) is 15.0. The SMILES string of the molecule is CS(=O)(=O)N(CC(=O)Nc1ccccc1C(F)(F)F)c1cccc(Cl)c1. The van der Waals surface area contributed by atoms with Crippen LogP contribution in [0.5, 0.6) is 0 Å². The zero-order chi connectivity index (χ0) is 19.5.